The highest BCUT2D eigenvalue weighted by atomic mass is 16.3. The van der Waals surface area contributed by atoms with Gasteiger partial charge in [-0.3, -0.25) is 24.6 Å². The van der Waals surface area contributed by atoms with E-state index in [1.54, 1.807) is 48.3 Å². The first-order valence-corrected chi connectivity index (χ1v) is 16.4. The van der Waals surface area contributed by atoms with Crippen LogP contribution in [0.5, 0.6) is 0 Å². The lowest BCUT2D eigenvalue weighted by molar-refractivity contribution is 0.0451. The van der Waals surface area contributed by atoms with E-state index in [9.17, 15) is 24.3 Å². The number of carbonyl (C=O) groups is 4. The Bertz CT molecular complexity index is 1460. The summed E-state index contributed by atoms with van der Waals surface area (Å²) in [6.45, 7) is 7.60. The standard InChI is InChI=1S/C37H49N5O5/c1-6-19-41(20-7-2)37(47)31-24-29(23-30(25-31)36(46)40(4)5)34(44)38-32(22-27-15-11-9-12-16-27)33(43)26-42(21-8-3)39-35(45)28-17-13-10-14-18-28/h9-18,23-25,32-33,43H,6-8,19-22,26H2,1-5H3,(H,38,44)(H,39,45). The first kappa shape index (κ1) is 36.9. The molecule has 0 aromatic heterocycles. The Morgan fingerprint density at radius 3 is 1.77 bits per heavy atom. The summed E-state index contributed by atoms with van der Waals surface area (Å²) in [7, 11) is 3.23. The minimum atomic E-state index is -1.08. The van der Waals surface area contributed by atoms with E-state index in [1.165, 1.54) is 23.1 Å². The zero-order valence-electron chi connectivity index (χ0n) is 28.2. The zero-order chi connectivity index (χ0) is 34.3. The van der Waals surface area contributed by atoms with Crippen LogP contribution in [0, 0.1) is 0 Å². The van der Waals surface area contributed by atoms with Crippen LogP contribution in [0.25, 0.3) is 0 Å². The topological polar surface area (TPSA) is 122 Å². The van der Waals surface area contributed by atoms with Gasteiger partial charge in [0.15, 0.2) is 0 Å². The molecule has 0 spiro atoms. The van der Waals surface area contributed by atoms with Crippen LogP contribution in [-0.2, 0) is 6.42 Å². The summed E-state index contributed by atoms with van der Waals surface area (Å²) < 4.78 is 0. The molecular weight excluding hydrogens is 594 g/mol. The largest absolute Gasteiger partial charge is 0.390 e. The van der Waals surface area contributed by atoms with Crippen molar-refractivity contribution >= 4 is 23.6 Å². The van der Waals surface area contributed by atoms with Gasteiger partial charge in [-0.2, -0.15) is 0 Å². The number of aliphatic hydroxyl groups is 1. The van der Waals surface area contributed by atoms with E-state index < -0.39 is 18.1 Å². The molecule has 3 N–H and O–H groups in total. The van der Waals surface area contributed by atoms with Gasteiger partial charge in [0.1, 0.15) is 0 Å². The average molecular weight is 644 g/mol. The summed E-state index contributed by atoms with van der Waals surface area (Å²) in [5, 5.41) is 16.2. The van der Waals surface area contributed by atoms with Crippen molar-refractivity contribution in [1.29, 1.82) is 0 Å². The highest BCUT2D eigenvalue weighted by molar-refractivity contribution is 6.04. The highest BCUT2D eigenvalue weighted by Crippen LogP contribution is 2.17. The van der Waals surface area contributed by atoms with Crippen molar-refractivity contribution in [3.05, 3.63) is 107 Å². The van der Waals surface area contributed by atoms with Crippen LogP contribution >= 0.6 is 0 Å². The van der Waals surface area contributed by atoms with Crippen molar-refractivity contribution in [3.63, 3.8) is 0 Å². The molecule has 0 radical (unpaired) electrons. The number of hydrazine groups is 1. The monoisotopic (exact) mass is 643 g/mol. The van der Waals surface area contributed by atoms with E-state index in [1.807, 2.05) is 57.2 Å². The van der Waals surface area contributed by atoms with Gasteiger partial charge in [-0.25, -0.2) is 5.01 Å². The summed E-state index contributed by atoms with van der Waals surface area (Å²) in [5.74, 6) is -1.41. The maximum atomic E-state index is 13.9. The van der Waals surface area contributed by atoms with Crippen molar-refractivity contribution in [2.75, 3.05) is 40.3 Å². The van der Waals surface area contributed by atoms with Crippen molar-refractivity contribution in [1.82, 2.24) is 25.6 Å². The molecule has 10 nitrogen and oxygen atoms in total. The third kappa shape index (κ3) is 11.0. The second kappa shape index (κ2) is 18.6. The second-order valence-electron chi connectivity index (χ2n) is 11.9. The van der Waals surface area contributed by atoms with Crippen molar-refractivity contribution in [2.45, 2.75) is 58.6 Å². The Kier molecular flexibility index (Phi) is 14.6. The third-order valence-corrected chi connectivity index (χ3v) is 7.65. The molecule has 2 unspecified atom stereocenters. The predicted octanol–water partition coefficient (Wildman–Crippen LogP) is 4.41. The molecule has 0 saturated heterocycles. The Morgan fingerprint density at radius 1 is 0.681 bits per heavy atom. The first-order valence-electron chi connectivity index (χ1n) is 16.4. The van der Waals surface area contributed by atoms with E-state index in [-0.39, 0.29) is 41.0 Å². The summed E-state index contributed by atoms with van der Waals surface area (Å²) in [5.41, 5.74) is 4.89. The van der Waals surface area contributed by atoms with Crippen LogP contribution in [0.15, 0.2) is 78.9 Å². The van der Waals surface area contributed by atoms with Gasteiger partial charge in [0.2, 0.25) is 0 Å². The summed E-state index contributed by atoms with van der Waals surface area (Å²) in [6.07, 6.45) is 1.49. The van der Waals surface area contributed by atoms with Gasteiger partial charge in [0.05, 0.1) is 12.1 Å². The SMILES string of the molecule is CCCN(CC(O)C(Cc1ccccc1)NC(=O)c1cc(C(=O)N(C)C)cc(C(=O)N(CCC)CCC)c1)NC(=O)c1ccccc1. The van der Waals surface area contributed by atoms with Gasteiger partial charge in [-0.05, 0) is 61.6 Å². The number of nitrogens with zero attached hydrogens (tertiary/aromatic N) is 3. The smallest absolute Gasteiger partial charge is 0.265 e. The maximum absolute atomic E-state index is 13.9. The van der Waals surface area contributed by atoms with Crippen molar-refractivity contribution in [2.24, 2.45) is 0 Å². The number of carbonyl (C=O) groups excluding carboxylic acids is 4. The van der Waals surface area contributed by atoms with E-state index >= 15 is 0 Å². The summed E-state index contributed by atoms with van der Waals surface area (Å²) >= 11 is 0. The van der Waals surface area contributed by atoms with E-state index in [0.717, 1.165) is 18.4 Å². The molecule has 10 heteroatoms. The molecule has 0 aliphatic heterocycles. The number of hydrogen-bond donors (Lipinski definition) is 3. The van der Waals surface area contributed by atoms with Crippen LogP contribution in [-0.4, -0.2) is 96.0 Å². The first-order chi connectivity index (χ1) is 22.6. The Labute approximate surface area is 278 Å². The van der Waals surface area contributed by atoms with Crippen LogP contribution in [0.4, 0.5) is 0 Å². The van der Waals surface area contributed by atoms with Gasteiger partial charge in [0.25, 0.3) is 23.6 Å². The second-order valence-corrected chi connectivity index (χ2v) is 11.9. The minimum absolute atomic E-state index is 0.0517. The van der Waals surface area contributed by atoms with Gasteiger partial charge < -0.3 is 20.2 Å². The predicted molar refractivity (Wildman–Crippen MR) is 184 cm³/mol. The molecule has 252 valence electrons. The number of rotatable bonds is 17. The van der Waals surface area contributed by atoms with Crippen molar-refractivity contribution < 1.29 is 24.3 Å². The molecule has 0 bridgehead atoms. The molecule has 3 aromatic rings. The Morgan fingerprint density at radius 2 is 1.21 bits per heavy atom. The van der Waals surface area contributed by atoms with Gasteiger partial charge in [-0.15, -0.1) is 0 Å². The molecule has 47 heavy (non-hydrogen) atoms. The molecule has 0 fully saturated rings. The molecule has 2 atom stereocenters. The van der Waals surface area contributed by atoms with Gasteiger partial charge in [-0.1, -0.05) is 69.3 Å². The van der Waals surface area contributed by atoms with Crippen LogP contribution in [0.1, 0.15) is 87.0 Å². The maximum Gasteiger partial charge on any atom is 0.265 e. The molecule has 3 rings (SSSR count). The summed E-state index contributed by atoms with van der Waals surface area (Å²) in [4.78, 5) is 56.6. The third-order valence-electron chi connectivity index (χ3n) is 7.65. The number of hydrogen-bond acceptors (Lipinski definition) is 6. The molecule has 3 aromatic carbocycles. The fourth-order valence-corrected chi connectivity index (χ4v) is 5.32. The minimum Gasteiger partial charge on any atom is -0.390 e. The zero-order valence-corrected chi connectivity index (χ0v) is 28.2. The van der Waals surface area contributed by atoms with E-state index in [0.29, 0.717) is 38.0 Å². The van der Waals surface area contributed by atoms with Crippen molar-refractivity contribution in [3.8, 4) is 0 Å². The molecule has 0 aliphatic rings. The van der Waals surface area contributed by atoms with E-state index in [2.05, 4.69) is 10.7 Å². The molecule has 0 aliphatic carbocycles. The number of benzene rings is 3. The molecule has 4 amide bonds. The van der Waals surface area contributed by atoms with Gasteiger partial charge >= 0.3 is 0 Å². The summed E-state index contributed by atoms with van der Waals surface area (Å²) in [6, 6.07) is 22.1. The Hall–Kier alpha value is -4.54. The van der Waals surface area contributed by atoms with Gasteiger partial charge in [0, 0.05) is 62.5 Å². The fourth-order valence-electron chi connectivity index (χ4n) is 5.32. The molecular formula is C37H49N5O5. The lowest BCUT2D eigenvalue weighted by atomic mass is 9.99. The number of nitrogens with one attached hydrogen (secondary N) is 2. The fraction of sp³-hybridized carbons (Fsp3) is 0.405. The molecule has 0 heterocycles. The highest BCUT2D eigenvalue weighted by Gasteiger charge is 2.27. The quantitative estimate of drug-likeness (QED) is 0.188. The van der Waals surface area contributed by atoms with Crippen LogP contribution < -0.4 is 10.7 Å². The number of aliphatic hydroxyl groups excluding tert-OH is 1. The lowest BCUT2D eigenvalue weighted by Gasteiger charge is -2.30. The number of amides is 4. The van der Waals surface area contributed by atoms with E-state index in [4.69, 9.17) is 0 Å². The van der Waals surface area contributed by atoms with Crippen LogP contribution in [0.3, 0.4) is 0 Å². The average Bonchev–Trinajstić information content (AvgIpc) is 3.07. The molecule has 0 saturated carbocycles. The van der Waals surface area contributed by atoms with Crippen LogP contribution in [0.2, 0.25) is 0 Å². The normalized spacial score (nSPS) is 12.2. The lowest BCUT2D eigenvalue weighted by Crippen LogP contribution is -2.53. The Balaban J connectivity index is 1.93.